The fourth-order valence-electron chi connectivity index (χ4n) is 2.36. The van der Waals surface area contributed by atoms with Crippen LogP contribution in [0.4, 0.5) is 5.69 Å². The van der Waals surface area contributed by atoms with Gasteiger partial charge in [0.05, 0.1) is 5.71 Å². The Kier molecular flexibility index (Phi) is 5.58. The number of carboxylic acids is 1. The van der Waals surface area contributed by atoms with Gasteiger partial charge in [-0.25, -0.2) is 4.31 Å². The summed E-state index contributed by atoms with van der Waals surface area (Å²) in [4.78, 5) is 22.7. The fourth-order valence-corrected chi connectivity index (χ4v) is 3.57. The Bertz CT molecular complexity index is 841. The first kappa shape index (κ1) is 18.7. The van der Waals surface area contributed by atoms with E-state index >= 15 is 0 Å². The third-order valence-corrected chi connectivity index (χ3v) is 4.99. The Morgan fingerprint density at radius 2 is 1.84 bits per heavy atom. The zero-order chi connectivity index (χ0) is 18.6. The van der Waals surface area contributed by atoms with Gasteiger partial charge in [-0.3, -0.25) is 9.59 Å². The van der Waals surface area contributed by atoms with E-state index in [2.05, 4.69) is 9.71 Å². The maximum atomic E-state index is 12.1. The Hall–Kier alpha value is -2.68. The third-order valence-electron chi connectivity index (χ3n) is 3.50. The van der Waals surface area contributed by atoms with E-state index in [9.17, 15) is 18.0 Å². The summed E-state index contributed by atoms with van der Waals surface area (Å²) >= 11 is 0. The quantitative estimate of drug-likeness (QED) is 0.794. The standard InChI is InChI=1S/C16H19N3O5S/c1-11-9-12(2)19(25(23,24)18-11)10-15(20)17-14-6-3-13(4-7-14)5-8-16(21)22/h3-4,6-7,9H,5,8,10H2,1-2H3,(H,17,20)(H,21,22). The number of carbonyl (C=O) groups is 2. The number of anilines is 1. The highest BCUT2D eigenvalue weighted by atomic mass is 32.2. The minimum Gasteiger partial charge on any atom is -0.481 e. The van der Waals surface area contributed by atoms with Gasteiger partial charge in [-0.15, -0.1) is 4.40 Å². The molecule has 1 aliphatic rings. The van der Waals surface area contributed by atoms with Crippen molar-refractivity contribution in [2.75, 3.05) is 11.9 Å². The van der Waals surface area contributed by atoms with Gasteiger partial charge in [0.1, 0.15) is 6.54 Å². The van der Waals surface area contributed by atoms with Gasteiger partial charge in [-0.2, -0.15) is 8.42 Å². The van der Waals surface area contributed by atoms with Crippen LogP contribution in [-0.2, 0) is 26.2 Å². The highest BCUT2D eigenvalue weighted by molar-refractivity contribution is 7.88. The van der Waals surface area contributed by atoms with E-state index in [-0.39, 0.29) is 13.0 Å². The van der Waals surface area contributed by atoms with Crippen LogP contribution in [0, 0.1) is 0 Å². The lowest BCUT2D eigenvalue weighted by Gasteiger charge is -2.24. The molecule has 1 heterocycles. The molecule has 2 rings (SSSR count). The molecule has 0 atom stereocenters. The smallest absolute Gasteiger partial charge is 0.345 e. The van der Waals surface area contributed by atoms with Crippen LogP contribution >= 0.6 is 0 Å². The molecule has 25 heavy (non-hydrogen) atoms. The molecule has 2 N–H and O–H groups in total. The summed E-state index contributed by atoms with van der Waals surface area (Å²) in [7, 11) is -3.89. The molecule has 8 nitrogen and oxygen atoms in total. The summed E-state index contributed by atoms with van der Waals surface area (Å²) in [5.74, 6) is -1.37. The molecule has 0 radical (unpaired) electrons. The van der Waals surface area contributed by atoms with Gasteiger partial charge in [-0.05, 0) is 44.0 Å². The second-order valence-electron chi connectivity index (χ2n) is 5.64. The van der Waals surface area contributed by atoms with Gasteiger partial charge in [0, 0.05) is 17.8 Å². The number of nitrogens with one attached hydrogen (secondary N) is 1. The number of aliphatic carboxylic acids is 1. The lowest BCUT2D eigenvalue weighted by atomic mass is 10.1. The molecule has 0 unspecified atom stereocenters. The van der Waals surface area contributed by atoms with Crippen molar-refractivity contribution in [1.82, 2.24) is 4.31 Å². The monoisotopic (exact) mass is 365 g/mol. The van der Waals surface area contributed by atoms with E-state index in [1.54, 1.807) is 44.2 Å². The van der Waals surface area contributed by atoms with Crippen molar-refractivity contribution < 1.29 is 23.1 Å². The van der Waals surface area contributed by atoms with Crippen LogP contribution in [0.15, 0.2) is 40.4 Å². The topological polar surface area (TPSA) is 116 Å². The van der Waals surface area contributed by atoms with Gasteiger partial charge in [0.25, 0.3) is 0 Å². The summed E-state index contributed by atoms with van der Waals surface area (Å²) in [6.07, 6.45) is 2.02. The molecule has 0 bridgehead atoms. The van der Waals surface area contributed by atoms with Crippen LogP contribution in [0.2, 0.25) is 0 Å². The minimum atomic E-state index is -3.89. The minimum absolute atomic E-state index is 0.0318. The molecule has 1 aliphatic heterocycles. The van der Waals surface area contributed by atoms with Crippen molar-refractivity contribution in [3.63, 3.8) is 0 Å². The zero-order valence-electron chi connectivity index (χ0n) is 13.9. The number of hydrogen-bond acceptors (Lipinski definition) is 4. The number of benzene rings is 1. The number of carboxylic acid groups (broad SMARTS) is 1. The average Bonchev–Trinajstić information content (AvgIpc) is 2.49. The molecule has 0 aliphatic carbocycles. The molecule has 1 aromatic rings. The zero-order valence-corrected chi connectivity index (χ0v) is 14.7. The van der Waals surface area contributed by atoms with E-state index < -0.39 is 22.1 Å². The first-order valence-electron chi connectivity index (χ1n) is 7.55. The summed E-state index contributed by atoms with van der Waals surface area (Å²) in [5, 5.41) is 11.3. The number of nitrogens with zero attached hydrogens (tertiary/aromatic N) is 2. The fraction of sp³-hybridized carbons (Fsp3) is 0.312. The Morgan fingerprint density at radius 1 is 1.20 bits per heavy atom. The van der Waals surface area contributed by atoms with Crippen molar-refractivity contribution in [2.45, 2.75) is 26.7 Å². The van der Waals surface area contributed by atoms with Gasteiger partial charge in [0.2, 0.25) is 5.91 Å². The predicted octanol–water partition coefficient (Wildman–Crippen LogP) is 1.57. The van der Waals surface area contributed by atoms with Crippen LogP contribution in [0.25, 0.3) is 0 Å². The number of amides is 1. The number of rotatable bonds is 6. The molecule has 1 aromatic carbocycles. The summed E-state index contributed by atoms with van der Waals surface area (Å²) in [5.41, 5.74) is 2.13. The van der Waals surface area contributed by atoms with Crippen molar-refractivity contribution >= 4 is 33.5 Å². The lowest BCUT2D eigenvalue weighted by Crippen LogP contribution is -2.37. The van der Waals surface area contributed by atoms with E-state index in [1.165, 1.54) is 0 Å². The largest absolute Gasteiger partial charge is 0.481 e. The number of hydrogen-bond donors (Lipinski definition) is 2. The average molecular weight is 365 g/mol. The molecular formula is C16H19N3O5S. The first-order chi connectivity index (χ1) is 11.7. The molecular weight excluding hydrogens is 346 g/mol. The second-order valence-corrected chi connectivity index (χ2v) is 7.16. The van der Waals surface area contributed by atoms with Crippen molar-refractivity contribution in [2.24, 2.45) is 4.40 Å². The SMILES string of the molecule is CC1=CC(C)=NS(=O)(=O)N1CC(=O)Nc1ccc(CCC(=O)O)cc1. The van der Waals surface area contributed by atoms with Crippen LogP contribution in [0.5, 0.6) is 0 Å². The molecule has 0 aromatic heterocycles. The first-order valence-corrected chi connectivity index (χ1v) is 8.95. The molecule has 134 valence electrons. The van der Waals surface area contributed by atoms with E-state index in [0.717, 1.165) is 9.87 Å². The van der Waals surface area contributed by atoms with Gasteiger partial charge < -0.3 is 10.4 Å². The molecule has 1 amide bonds. The second kappa shape index (κ2) is 7.47. The number of allylic oxidation sites excluding steroid dienone is 2. The normalized spacial score (nSPS) is 16.0. The van der Waals surface area contributed by atoms with Gasteiger partial charge >= 0.3 is 16.2 Å². The van der Waals surface area contributed by atoms with Crippen LogP contribution in [0.3, 0.4) is 0 Å². The van der Waals surface area contributed by atoms with Crippen LogP contribution < -0.4 is 5.32 Å². The lowest BCUT2D eigenvalue weighted by molar-refractivity contribution is -0.137. The maximum absolute atomic E-state index is 12.1. The number of carbonyl (C=O) groups excluding carboxylic acids is 1. The van der Waals surface area contributed by atoms with E-state index in [0.29, 0.717) is 23.5 Å². The molecule has 0 fully saturated rings. The number of aryl methyl sites for hydroxylation is 1. The highest BCUT2D eigenvalue weighted by Gasteiger charge is 2.27. The predicted molar refractivity (Wildman–Crippen MR) is 93.5 cm³/mol. The molecule has 0 saturated heterocycles. The van der Waals surface area contributed by atoms with Crippen molar-refractivity contribution in [3.05, 3.63) is 41.6 Å². The third kappa shape index (κ3) is 5.15. The molecule has 0 saturated carbocycles. The Labute approximate surface area is 146 Å². The molecule has 0 spiro atoms. The van der Waals surface area contributed by atoms with Gasteiger partial charge in [-0.1, -0.05) is 12.1 Å². The summed E-state index contributed by atoms with van der Waals surface area (Å²) < 4.78 is 28.6. The van der Waals surface area contributed by atoms with Crippen LogP contribution in [0.1, 0.15) is 25.8 Å². The summed E-state index contributed by atoms with van der Waals surface area (Å²) in [6, 6.07) is 6.72. The Morgan fingerprint density at radius 3 is 2.40 bits per heavy atom. The van der Waals surface area contributed by atoms with Crippen LogP contribution in [-0.4, -0.2) is 42.0 Å². The van der Waals surface area contributed by atoms with Gasteiger partial charge in [0.15, 0.2) is 0 Å². The maximum Gasteiger partial charge on any atom is 0.345 e. The van der Waals surface area contributed by atoms with E-state index in [1.807, 2.05) is 0 Å². The van der Waals surface area contributed by atoms with Crippen molar-refractivity contribution in [3.8, 4) is 0 Å². The van der Waals surface area contributed by atoms with E-state index in [4.69, 9.17) is 5.11 Å². The molecule has 9 heteroatoms. The summed E-state index contributed by atoms with van der Waals surface area (Å²) in [6.45, 7) is 2.80. The Balaban J connectivity index is 1.99. The van der Waals surface area contributed by atoms with Crippen molar-refractivity contribution in [1.29, 1.82) is 0 Å². The highest BCUT2D eigenvalue weighted by Crippen LogP contribution is 2.18.